The minimum absolute atomic E-state index is 0.493. The Morgan fingerprint density at radius 1 is 1.21 bits per heavy atom. The van der Waals surface area contributed by atoms with Crippen LogP contribution in [0.3, 0.4) is 0 Å². The summed E-state index contributed by atoms with van der Waals surface area (Å²) in [5.41, 5.74) is 10.2. The first-order chi connectivity index (χ1) is 11.7. The summed E-state index contributed by atoms with van der Waals surface area (Å²) in [6.07, 6.45) is 6.14. The minimum atomic E-state index is 0.493. The van der Waals surface area contributed by atoms with Gasteiger partial charge >= 0.3 is 0 Å². The van der Waals surface area contributed by atoms with Gasteiger partial charge in [-0.05, 0) is 42.5 Å². The lowest BCUT2D eigenvalue weighted by Crippen LogP contribution is -2.01. The Balaban J connectivity index is 1.56. The molecule has 0 fully saturated rings. The molecule has 0 amide bonds. The molecular weight excluding hydrogens is 324 g/mol. The highest BCUT2D eigenvalue weighted by molar-refractivity contribution is 7.15. The van der Waals surface area contributed by atoms with Crippen LogP contribution in [-0.2, 0) is 25.8 Å². The highest BCUT2D eigenvalue weighted by Crippen LogP contribution is 2.35. The van der Waals surface area contributed by atoms with Crippen LogP contribution in [0, 0.1) is 0 Å². The van der Waals surface area contributed by atoms with Crippen LogP contribution in [0.25, 0.3) is 11.3 Å². The molecule has 0 aliphatic heterocycles. The number of fused-ring (bicyclic) bond motifs is 1. The summed E-state index contributed by atoms with van der Waals surface area (Å²) in [4.78, 5) is 0. The van der Waals surface area contributed by atoms with Gasteiger partial charge < -0.3 is 10.5 Å². The van der Waals surface area contributed by atoms with Crippen molar-refractivity contribution in [3.8, 4) is 17.0 Å². The maximum atomic E-state index is 5.60. The summed E-state index contributed by atoms with van der Waals surface area (Å²) in [7, 11) is 1.70. The van der Waals surface area contributed by atoms with Crippen LogP contribution in [-0.4, -0.2) is 32.3 Å². The van der Waals surface area contributed by atoms with Crippen LogP contribution in [0.5, 0.6) is 5.75 Å². The fourth-order valence-corrected chi connectivity index (χ4v) is 3.68. The zero-order valence-electron chi connectivity index (χ0n) is 13.4. The lowest BCUT2D eigenvalue weighted by atomic mass is 10.0. The number of nitrogens with zero attached hydrogens (tertiary/aromatic N) is 5. The van der Waals surface area contributed by atoms with E-state index in [-0.39, 0.29) is 0 Å². The molecule has 4 rings (SSSR count). The number of hydrogen-bond donors (Lipinski definition) is 1. The molecule has 0 saturated heterocycles. The number of nitrogen functional groups attached to an aromatic ring is 1. The van der Waals surface area contributed by atoms with Crippen molar-refractivity contribution in [2.24, 2.45) is 0 Å². The summed E-state index contributed by atoms with van der Waals surface area (Å²) >= 11 is 1.40. The summed E-state index contributed by atoms with van der Waals surface area (Å²) in [6.45, 7) is 0.689. The van der Waals surface area contributed by atoms with Gasteiger partial charge in [0.05, 0.1) is 13.3 Å². The highest BCUT2D eigenvalue weighted by atomic mass is 32.1. The lowest BCUT2D eigenvalue weighted by Gasteiger charge is -2.09. The Morgan fingerprint density at radius 2 is 2.04 bits per heavy atom. The molecule has 0 spiro atoms. The predicted molar refractivity (Wildman–Crippen MR) is 92.1 cm³/mol. The number of aromatic nitrogens is 5. The Bertz CT molecular complexity index is 871. The average molecular weight is 342 g/mol. The standard InChI is InChI=1S/C16H18N6OS/c1-23-14-8-11-4-2-3-10(11)7-12(14)13-9-22(21-18-13)6-5-15-19-20-16(17)24-15/h7-9H,2-6H2,1H3,(H2,17,20). The summed E-state index contributed by atoms with van der Waals surface area (Å²) in [6, 6.07) is 4.33. The second kappa shape index (κ2) is 6.20. The lowest BCUT2D eigenvalue weighted by molar-refractivity contribution is 0.416. The summed E-state index contributed by atoms with van der Waals surface area (Å²) in [5, 5.41) is 17.8. The third-order valence-corrected chi connectivity index (χ3v) is 5.08. The molecule has 124 valence electrons. The molecule has 3 aromatic rings. The molecule has 0 unspecified atom stereocenters. The highest BCUT2D eigenvalue weighted by Gasteiger charge is 2.18. The van der Waals surface area contributed by atoms with Crippen LogP contribution in [0.2, 0.25) is 0 Å². The normalized spacial score (nSPS) is 13.2. The molecule has 24 heavy (non-hydrogen) atoms. The Labute approximate surface area is 143 Å². The minimum Gasteiger partial charge on any atom is -0.496 e. The maximum absolute atomic E-state index is 5.60. The largest absolute Gasteiger partial charge is 0.496 e. The monoisotopic (exact) mass is 342 g/mol. The summed E-state index contributed by atoms with van der Waals surface area (Å²) < 4.78 is 7.38. The van der Waals surface area contributed by atoms with Gasteiger partial charge in [-0.2, -0.15) is 0 Å². The maximum Gasteiger partial charge on any atom is 0.203 e. The molecule has 1 aliphatic carbocycles. The van der Waals surface area contributed by atoms with E-state index in [4.69, 9.17) is 10.5 Å². The van der Waals surface area contributed by atoms with E-state index in [1.165, 1.54) is 28.9 Å². The van der Waals surface area contributed by atoms with Crippen molar-refractivity contribution < 1.29 is 4.74 Å². The number of aryl methyl sites for hydroxylation is 4. The summed E-state index contributed by atoms with van der Waals surface area (Å²) in [5.74, 6) is 0.861. The number of hydrogen-bond acceptors (Lipinski definition) is 7. The van der Waals surface area contributed by atoms with Gasteiger partial charge in [-0.3, -0.25) is 4.68 Å². The van der Waals surface area contributed by atoms with Crippen LogP contribution >= 0.6 is 11.3 Å². The van der Waals surface area contributed by atoms with Crippen molar-refractivity contribution in [3.63, 3.8) is 0 Å². The molecule has 0 saturated carbocycles. The van der Waals surface area contributed by atoms with E-state index < -0.39 is 0 Å². The first-order valence-corrected chi connectivity index (χ1v) is 8.73. The van der Waals surface area contributed by atoms with Crippen LogP contribution in [0.1, 0.15) is 22.6 Å². The second-order valence-corrected chi connectivity index (χ2v) is 6.92. The molecule has 8 heteroatoms. The quantitative estimate of drug-likeness (QED) is 0.763. The van der Waals surface area contributed by atoms with E-state index in [0.717, 1.165) is 41.3 Å². The van der Waals surface area contributed by atoms with Crippen LogP contribution in [0.15, 0.2) is 18.3 Å². The topological polar surface area (TPSA) is 91.7 Å². The Hall–Kier alpha value is -2.48. The molecule has 2 aromatic heterocycles. The zero-order chi connectivity index (χ0) is 16.5. The van der Waals surface area contributed by atoms with E-state index in [0.29, 0.717) is 11.7 Å². The SMILES string of the molecule is COc1cc2c(cc1-c1cn(CCc3nnc(N)s3)nn1)CCC2. The molecule has 1 aliphatic rings. The van der Waals surface area contributed by atoms with Gasteiger partial charge in [0, 0.05) is 18.5 Å². The van der Waals surface area contributed by atoms with E-state index >= 15 is 0 Å². The third kappa shape index (κ3) is 2.84. The van der Waals surface area contributed by atoms with Gasteiger partial charge in [0.15, 0.2) is 0 Å². The van der Waals surface area contributed by atoms with Gasteiger partial charge in [0.2, 0.25) is 5.13 Å². The number of methoxy groups -OCH3 is 1. The molecule has 7 nitrogen and oxygen atoms in total. The van der Waals surface area contributed by atoms with Crippen molar-refractivity contribution in [2.45, 2.75) is 32.2 Å². The first-order valence-electron chi connectivity index (χ1n) is 7.91. The van der Waals surface area contributed by atoms with Gasteiger partial charge in [0.1, 0.15) is 16.5 Å². The molecule has 0 radical (unpaired) electrons. The number of anilines is 1. The first kappa shape index (κ1) is 15.1. The van der Waals surface area contributed by atoms with Gasteiger partial charge in [0.25, 0.3) is 0 Å². The van der Waals surface area contributed by atoms with E-state index in [9.17, 15) is 0 Å². The van der Waals surface area contributed by atoms with Gasteiger partial charge in [-0.15, -0.1) is 15.3 Å². The number of nitrogens with two attached hydrogens (primary N) is 1. The Kier molecular flexibility index (Phi) is 3.89. The third-order valence-electron chi connectivity index (χ3n) is 4.27. The fraction of sp³-hybridized carbons (Fsp3) is 0.375. The van der Waals surface area contributed by atoms with Gasteiger partial charge in [-0.1, -0.05) is 16.6 Å². The number of ether oxygens (including phenoxy) is 1. The molecule has 0 bridgehead atoms. The second-order valence-electron chi connectivity index (χ2n) is 5.83. The van der Waals surface area contributed by atoms with Crippen molar-refractivity contribution >= 4 is 16.5 Å². The molecule has 2 heterocycles. The van der Waals surface area contributed by atoms with Crippen molar-refractivity contribution in [2.75, 3.05) is 12.8 Å². The smallest absolute Gasteiger partial charge is 0.203 e. The van der Waals surface area contributed by atoms with Crippen molar-refractivity contribution in [1.29, 1.82) is 0 Å². The Morgan fingerprint density at radius 3 is 2.79 bits per heavy atom. The zero-order valence-corrected chi connectivity index (χ0v) is 14.2. The van der Waals surface area contributed by atoms with Crippen molar-refractivity contribution in [3.05, 3.63) is 34.5 Å². The van der Waals surface area contributed by atoms with E-state index in [2.05, 4.69) is 32.6 Å². The van der Waals surface area contributed by atoms with Gasteiger partial charge in [-0.25, -0.2) is 0 Å². The number of benzene rings is 1. The number of rotatable bonds is 5. The van der Waals surface area contributed by atoms with Crippen LogP contribution < -0.4 is 10.5 Å². The fourth-order valence-electron chi connectivity index (χ4n) is 3.08. The van der Waals surface area contributed by atoms with Crippen molar-refractivity contribution in [1.82, 2.24) is 25.2 Å². The van der Waals surface area contributed by atoms with Crippen LogP contribution in [0.4, 0.5) is 5.13 Å². The average Bonchev–Trinajstić information content (AvgIpc) is 3.31. The molecule has 2 N–H and O–H groups in total. The molecule has 0 atom stereocenters. The predicted octanol–water partition coefficient (Wildman–Crippen LogP) is 2.12. The van der Waals surface area contributed by atoms with E-state index in [1.54, 1.807) is 7.11 Å². The molecular formula is C16H18N6OS. The van der Waals surface area contributed by atoms with E-state index in [1.807, 2.05) is 10.9 Å². The molecule has 1 aromatic carbocycles.